The Balaban J connectivity index is 0.00000242. The van der Waals surface area contributed by atoms with Crippen LogP contribution in [0, 0.1) is 5.92 Å². The van der Waals surface area contributed by atoms with Crippen LogP contribution in [0.3, 0.4) is 0 Å². The molecule has 0 saturated heterocycles. The molecule has 1 fully saturated rings. The van der Waals surface area contributed by atoms with Crippen LogP contribution in [-0.4, -0.2) is 6.54 Å². The van der Waals surface area contributed by atoms with Crippen LogP contribution in [0.4, 0.5) is 0 Å². The van der Waals surface area contributed by atoms with Gasteiger partial charge in [0.15, 0.2) is 0 Å². The van der Waals surface area contributed by atoms with Crippen LogP contribution in [0.1, 0.15) is 77.6 Å². The van der Waals surface area contributed by atoms with Crippen LogP contribution >= 0.6 is 0 Å². The van der Waals surface area contributed by atoms with Gasteiger partial charge in [-0.3, -0.25) is 0 Å². The van der Waals surface area contributed by atoms with Gasteiger partial charge in [-0.05, 0) is 0 Å². The molecule has 132 valence electrons. The SMILES string of the molecule is CCCCCCCCCC[NH][Zr+2][CH]1CCC2CC=CC=C21.[Cl-].[Cl-]. The summed E-state index contributed by atoms with van der Waals surface area (Å²) in [6.07, 6.45) is 22.8. The molecule has 0 bridgehead atoms. The van der Waals surface area contributed by atoms with Crippen molar-refractivity contribution in [3.63, 3.8) is 0 Å². The van der Waals surface area contributed by atoms with Crippen molar-refractivity contribution in [1.82, 2.24) is 3.26 Å². The predicted molar refractivity (Wildman–Crippen MR) is 88.9 cm³/mol. The van der Waals surface area contributed by atoms with E-state index in [0.29, 0.717) is 0 Å². The minimum atomic E-state index is -0.371. The Morgan fingerprint density at radius 2 is 1.70 bits per heavy atom. The zero-order chi connectivity index (χ0) is 14.8. The minimum Gasteiger partial charge on any atom is -1.00 e. The normalized spacial score (nSPS) is 21.7. The quantitative estimate of drug-likeness (QED) is 0.442. The topological polar surface area (TPSA) is 12.0 Å². The molecule has 0 aromatic carbocycles. The molecule has 1 N–H and O–H groups in total. The molecule has 2 rings (SSSR count). The molecule has 2 aliphatic rings. The first kappa shape index (κ1) is 23.9. The van der Waals surface area contributed by atoms with Gasteiger partial charge >= 0.3 is 144 Å². The summed E-state index contributed by atoms with van der Waals surface area (Å²) < 4.78 is 4.87. The van der Waals surface area contributed by atoms with E-state index in [0.717, 1.165) is 9.54 Å². The van der Waals surface area contributed by atoms with E-state index in [-0.39, 0.29) is 48.3 Å². The average Bonchev–Trinajstić information content (AvgIpc) is 2.92. The van der Waals surface area contributed by atoms with Crippen LogP contribution in [0.5, 0.6) is 0 Å². The number of rotatable bonds is 11. The van der Waals surface area contributed by atoms with Gasteiger partial charge in [0.2, 0.25) is 0 Å². The number of nitrogens with one attached hydrogen (secondary N) is 1. The van der Waals surface area contributed by atoms with Gasteiger partial charge < -0.3 is 24.8 Å². The van der Waals surface area contributed by atoms with E-state index in [4.69, 9.17) is 0 Å². The summed E-state index contributed by atoms with van der Waals surface area (Å²) in [6.45, 7) is 3.59. The Bertz CT molecular complexity index is 344. The summed E-state index contributed by atoms with van der Waals surface area (Å²) in [4.78, 5) is 0. The van der Waals surface area contributed by atoms with Crippen LogP contribution in [-0.2, 0) is 23.5 Å². The molecule has 0 radical (unpaired) electrons. The molecule has 0 aromatic rings. The zero-order valence-corrected chi connectivity index (χ0v) is 18.6. The fourth-order valence-corrected chi connectivity index (χ4v) is 7.00. The second-order valence-electron chi connectivity index (χ2n) is 6.70. The largest absolute Gasteiger partial charge is 1.00 e. The smallest absolute Gasteiger partial charge is 1.00 e. The van der Waals surface area contributed by atoms with E-state index < -0.39 is 0 Å². The Kier molecular flexibility index (Phi) is 15.8. The van der Waals surface area contributed by atoms with Crippen molar-refractivity contribution >= 4 is 0 Å². The summed E-state index contributed by atoms with van der Waals surface area (Å²) >= 11 is -0.371. The third-order valence-electron chi connectivity index (χ3n) is 4.95. The van der Waals surface area contributed by atoms with Gasteiger partial charge in [-0.2, -0.15) is 0 Å². The van der Waals surface area contributed by atoms with Crippen LogP contribution in [0.2, 0.25) is 3.63 Å². The molecule has 0 amide bonds. The summed E-state index contributed by atoms with van der Waals surface area (Å²) in [7, 11) is 0. The first-order valence-electron chi connectivity index (χ1n) is 9.27. The minimum absolute atomic E-state index is 0. The Morgan fingerprint density at radius 1 is 1.00 bits per heavy atom. The van der Waals surface area contributed by atoms with Crippen molar-refractivity contribution in [2.75, 3.05) is 6.54 Å². The van der Waals surface area contributed by atoms with Crippen molar-refractivity contribution < 1.29 is 48.3 Å². The molecule has 0 aliphatic heterocycles. The van der Waals surface area contributed by atoms with Gasteiger partial charge in [-0.1, -0.05) is 0 Å². The van der Waals surface area contributed by atoms with Gasteiger partial charge in [0, 0.05) is 0 Å². The van der Waals surface area contributed by atoms with Crippen molar-refractivity contribution in [2.24, 2.45) is 5.92 Å². The van der Waals surface area contributed by atoms with Crippen molar-refractivity contribution in [1.29, 1.82) is 0 Å². The van der Waals surface area contributed by atoms with Crippen molar-refractivity contribution in [3.05, 3.63) is 23.8 Å². The van der Waals surface area contributed by atoms with Crippen molar-refractivity contribution in [2.45, 2.75) is 81.2 Å². The number of hydrogen-bond donors (Lipinski definition) is 1. The second kappa shape index (κ2) is 15.2. The molecule has 2 atom stereocenters. The van der Waals surface area contributed by atoms with Crippen LogP contribution in [0.25, 0.3) is 0 Å². The third kappa shape index (κ3) is 9.24. The summed E-state index contributed by atoms with van der Waals surface area (Å²) in [6, 6.07) is 0. The average molecular weight is 438 g/mol. The standard InChI is InChI=1S/C10H22N.C9H11.2ClH.Zr/c1-2-3-4-5-6-7-8-9-10-11;1-2-5-9-7-3-6-8(9)4-1;;;/h11H,2-10H2,1H3;1-2,4,6,9H,3,5,7H2;2*1H;/q-1;;;;+3/p-2. The van der Waals surface area contributed by atoms with Gasteiger partial charge in [-0.15, -0.1) is 0 Å². The molecule has 1 nitrogen and oxygen atoms in total. The first-order valence-corrected chi connectivity index (χ1v) is 11.9. The predicted octanol–water partition coefficient (Wildman–Crippen LogP) is -0.193. The molecule has 4 heteroatoms. The van der Waals surface area contributed by atoms with Gasteiger partial charge in [0.05, 0.1) is 0 Å². The van der Waals surface area contributed by atoms with E-state index in [1.807, 2.05) is 5.57 Å². The summed E-state index contributed by atoms with van der Waals surface area (Å²) in [5.74, 6) is 0.922. The Hall–Kier alpha value is 0.903. The molecule has 1 saturated carbocycles. The maximum absolute atomic E-state index is 3.88. The fourth-order valence-electron chi connectivity index (χ4n) is 3.61. The van der Waals surface area contributed by atoms with E-state index in [1.54, 1.807) is 0 Å². The van der Waals surface area contributed by atoms with E-state index in [9.17, 15) is 0 Å². The first-order chi connectivity index (χ1) is 10.4. The molecule has 0 aromatic heterocycles. The summed E-state index contributed by atoms with van der Waals surface area (Å²) in [5.41, 5.74) is 1.81. The van der Waals surface area contributed by atoms with Gasteiger partial charge in [-0.25, -0.2) is 0 Å². The maximum atomic E-state index is 3.88. The number of allylic oxidation sites excluding steroid dienone is 4. The second-order valence-corrected chi connectivity index (χ2v) is 10.00. The van der Waals surface area contributed by atoms with Gasteiger partial charge in [0.25, 0.3) is 0 Å². The number of hydrogen-bond acceptors (Lipinski definition) is 1. The number of unbranched alkanes of at least 4 members (excludes halogenated alkanes) is 7. The monoisotopic (exact) mass is 435 g/mol. The number of fused-ring (bicyclic) bond motifs is 1. The number of halogens is 2. The molecule has 0 spiro atoms. The van der Waals surface area contributed by atoms with Gasteiger partial charge in [0.1, 0.15) is 0 Å². The van der Waals surface area contributed by atoms with E-state index in [2.05, 4.69) is 28.4 Å². The molecular weight excluding hydrogens is 404 g/mol. The van der Waals surface area contributed by atoms with Crippen LogP contribution < -0.4 is 28.1 Å². The molecule has 0 heterocycles. The Morgan fingerprint density at radius 3 is 2.43 bits per heavy atom. The molecular formula is C19H33Cl2NZr. The van der Waals surface area contributed by atoms with Crippen LogP contribution in [0.15, 0.2) is 23.8 Å². The fraction of sp³-hybridized carbons (Fsp3) is 0.789. The summed E-state index contributed by atoms with van der Waals surface area (Å²) in [5, 5.41) is 0. The molecule has 23 heavy (non-hydrogen) atoms. The molecule has 2 unspecified atom stereocenters. The Labute approximate surface area is 168 Å². The van der Waals surface area contributed by atoms with Crippen molar-refractivity contribution in [3.8, 4) is 0 Å². The maximum Gasteiger partial charge on any atom is -1.00 e. The van der Waals surface area contributed by atoms with E-state index >= 15 is 0 Å². The molecule has 2 aliphatic carbocycles. The van der Waals surface area contributed by atoms with E-state index in [1.165, 1.54) is 77.2 Å². The zero-order valence-electron chi connectivity index (χ0n) is 14.6. The third-order valence-corrected chi connectivity index (χ3v) is 8.46.